The van der Waals surface area contributed by atoms with Gasteiger partial charge >= 0.3 is 5.97 Å². The maximum absolute atomic E-state index is 13.5. The van der Waals surface area contributed by atoms with Gasteiger partial charge in [0.15, 0.2) is 0 Å². The fourth-order valence-corrected chi connectivity index (χ4v) is 4.00. The van der Waals surface area contributed by atoms with Gasteiger partial charge < -0.3 is 4.74 Å². The van der Waals surface area contributed by atoms with E-state index >= 15 is 0 Å². The minimum absolute atomic E-state index is 0.245. The van der Waals surface area contributed by atoms with Gasteiger partial charge in [-0.2, -0.15) is 5.10 Å². The van der Waals surface area contributed by atoms with E-state index in [9.17, 15) is 9.59 Å². The molecule has 1 heterocycles. The summed E-state index contributed by atoms with van der Waals surface area (Å²) < 4.78 is 6.34. The lowest BCUT2D eigenvalue weighted by molar-refractivity contribution is -0.145. The van der Waals surface area contributed by atoms with E-state index in [0.717, 1.165) is 35.4 Å². The zero-order valence-corrected chi connectivity index (χ0v) is 16.8. The number of carbonyl (C=O) groups is 2. The Labute approximate surface area is 164 Å². The fourth-order valence-electron chi connectivity index (χ4n) is 3.81. The van der Waals surface area contributed by atoms with Gasteiger partial charge in [0, 0.05) is 11.5 Å². The van der Waals surface area contributed by atoms with E-state index in [1.165, 1.54) is 11.8 Å². The molecular weight excluding hydrogens is 364 g/mol. The van der Waals surface area contributed by atoms with Crippen LogP contribution >= 0.6 is 11.6 Å². The monoisotopic (exact) mass is 388 g/mol. The van der Waals surface area contributed by atoms with Gasteiger partial charge in [0.25, 0.3) is 5.91 Å². The molecule has 0 spiro atoms. The summed E-state index contributed by atoms with van der Waals surface area (Å²) in [4.78, 5) is 25.5. The zero-order chi connectivity index (χ0) is 19.7. The number of carbonyl (C=O) groups excluding carboxylic acids is 2. The summed E-state index contributed by atoms with van der Waals surface area (Å²) in [6, 6.07) is 0. The van der Waals surface area contributed by atoms with Gasteiger partial charge in [-0.25, -0.2) is 4.68 Å². The number of allylic oxidation sites excluding steroid dienone is 5. The van der Waals surface area contributed by atoms with Crippen molar-refractivity contribution in [2.45, 2.75) is 46.0 Å². The molecule has 6 heteroatoms. The van der Waals surface area contributed by atoms with Crippen LogP contribution in [0.3, 0.4) is 0 Å². The van der Waals surface area contributed by atoms with E-state index in [1.807, 2.05) is 6.92 Å². The SMILES string of the molecule is C=C/C(=C(C(=O)n1nc(C)c2c1CC(C(=O)OC)CC2)\C(Cl)=C/C)C1CC1. The van der Waals surface area contributed by atoms with Gasteiger partial charge in [-0.1, -0.05) is 30.3 Å². The summed E-state index contributed by atoms with van der Waals surface area (Å²) in [7, 11) is 1.39. The summed E-state index contributed by atoms with van der Waals surface area (Å²) in [6.45, 7) is 7.59. The molecule has 0 aromatic carbocycles. The highest BCUT2D eigenvalue weighted by Gasteiger charge is 2.35. The maximum Gasteiger partial charge on any atom is 0.309 e. The quantitative estimate of drug-likeness (QED) is 0.432. The first-order valence-electron chi connectivity index (χ1n) is 9.31. The van der Waals surface area contributed by atoms with E-state index in [2.05, 4.69) is 11.7 Å². The third kappa shape index (κ3) is 3.65. The number of hydrogen-bond donors (Lipinski definition) is 0. The lowest BCUT2D eigenvalue weighted by atomic mass is 9.86. The minimum Gasteiger partial charge on any atom is -0.469 e. The van der Waals surface area contributed by atoms with Crippen molar-refractivity contribution in [3.05, 3.63) is 51.9 Å². The molecule has 0 radical (unpaired) electrons. The molecule has 1 unspecified atom stereocenters. The Kier molecular flexibility index (Phi) is 5.70. The van der Waals surface area contributed by atoms with Crippen LogP contribution in [0.15, 0.2) is 34.9 Å². The van der Waals surface area contributed by atoms with Gasteiger partial charge in [0.1, 0.15) is 0 Å². The second-order valence-electron chi connectivity index (χ2n) is 7.14. The van der Waals surface area contributed by atoms with Crippen LogP contribution in [0.4, 0.5) is 0 Å². The molecule has 1 atom stereocenters. The Hall–Kier alpha value is -2.14. The van der Waals surface area contributed by atoms with Crippen LogP contribution in [0.5, 0.6) is 0 Å². The summed E-state index contributed by atoms with van der Waals surface area (Å²) in [6.07, 6.45) is 7.39. The molecule has 2 aliphatic carbocycles. The van der Waals surface area contributed by atoms with E-state index < -0.39 is 0 Å². The number of ether oxygens (including phenoxy) is 1. The summed E-state index contributed by atoms with van der Waals surface area (Å²) >= 11 is 6.43. The van der Waals surface area contributed by atoms with Crippen LogP contribution in [0.2, 0.25) is 0 Å². The molecule has 1 aromatic heterocycles. The highest BCUT2D eigenvalue weighted by molar-refractivity contribution is 6.35. The highest BCUT2D eigenvalue weighted by Crippen LogP contribution is 2.41. The number of hydrogen-bond acceptors (Lipinski definition) is 4. The van der Waals surface area contributed by atoms with Crippen LogP contribution in [0.1, 0.15) is 47.9 Å². The highest BCUT2D eigenvalue weighted by atomic mass is 35.5. The molecular formula is C21H25ClN2O3. The molecule has 0 saturated heterocycles. The molecule has 2 aliphatic rings. The molecule has 0 bridgehead atoms. The molecule has 1 fully saturated rings. The standard InChI is InChI=1S/C21H25ClN2O3/c1-5-15(13-7-8-13)19(17(22)6-2)20(25)24-18-11-14(21(26)27-4)9-10-16(18)12(3)23-24/h5-6,13-14H,1,7-11H2,2-4H3/b17-6+,19-15-. The fraction of sp³-hybridized carbons (Fsp3) is 0.476. The zero-order valence-electron chi connectivity index (χ0n) is 16.0. The Balaban J connectivity index is 2.07. The van der Waals surface area contributed by atoms with Gasteiger partial charge in [-0.3, -0.25) is 9.59 Å². The Morgan fingerprint density at radius 1 is 1.30 bits per heavy atom. The molecule has 144 valence electrons. The summed E-state index contributed by atoms with van der Waals surface area (Å²) in [5, 5.41) is 4.91. The minimum atomic E-state index is -0.255. The third-order valence-corrected chi connectivity index (χ3v) is 5.84. The number of halogens is 1. The van der Waals surface area contributed by atoms with Crippen LogP contribution in [-0.4, -0.2) is 28.8 Å². The van der Waals surface area contributed by atoms with Crippen molar-refractivity contribution in [2.24, 2.45) is 11.8 Å². The number of fused-ring (bicyclic) bond motifs is 1. The molecule has 0 amide bonds. The molecule has 1 saturated carbocycles. The average Bonchev–Trinajstić information content (AvgIpc) is 3.47. The van der Waals surface area contributed by atoms with Gasteiger partial charge in [-0.15, -0.1) is 0 Å². The smallest absolute Gasteiger partial charge is 0.309 e. The number of nitrogens with zero attached hydrogens (tertiary/aromatic N) is 2. The molecule has 1 aromatic rings. The first kappa shape index (κ1) is 19.6. The molecule has 0 aliphatic heterocycles. The Morgan fingerprint density at radius 3 is 2.56 bits per heavy atom. The van der Waals surface area contributed by atoms with Gasteiger partial charge in [0.2, 0.25) is 0 Å². The molecule has 27 heavy (non-hydrogen) atoms. The predicted molar refractivity (Wildman–Crippen MR) is 105 cm³/mol. The second kappa shape index (κ2) is 7.85. The van der Waals surface area contributed by atoms with Crippen molar-refractivity contribution in [3.63, 3.8) is 0 Å². The summed E-state index contributed by atoms with van der Waals surface area (Å²) in [5.41, 5.74) is 4.00. The third-order valence-electron chi connectivity index (χ3n) is 5.43. The topological polar surface area (TPSA) is 61.2 Å². The van der Waals surface area contributed by atoms with E-state index in [-0.39, 0.29) is 17.8 Å². The summed E-state index contributed by atoms with van der Waals surface area (Å²) in [5.74, 6) is -0.428. The molecule has 3 rings (SSSR count). The largest absolute Gasteiger partial charge is 0.469 e. The first-order chi connectivity index (χ1) is 12.9. The number of rotatable bonds is 5. The van der Waals surface area contributed by atoms with Crippen LogP contribution in [0.25, 0.3) is 0 Å². The van der Waals surface area contributed by atoms with Crippen molar-refractivity contribution >= 4 is 23.5 Å². The molecule has 0 N–H and O–H groups in total. The van der Waals surface area contributed by atoms with Crippen LogP contribution in [-0.2, 0) is 22.4 Å². The van der Waals surface area contributed by atoms with E-state index in [4.69, 9.17) is 16.3 Å². The van der Waals surface area contributed by atoms with Crippen LogP contribution in [0, 0.1) is 18.8 Å². The lowest BCUT2D eigenvalue weighted by Gasteiger charge is -2.21. The average molecular weight is 389 g/mol. The van der Waals surface area contributed by atoms with E-state index in [0.29, 0.717) is 35.8 Å². The van der Waals surface area contributed by atoms with Crippen LogP contribution < -0.4 is 0 Å². The lowest BCUT2D eigenvalue weighted by Crippen LogP contribution is -2.27. The second-order valence-corrected chi connectivity index (χ2v) is 7.54. The number of esters is 1. The van der Waals surface area contributed by atoms with Crippen molar-refractivity contribution in [3.8, 4) is 0 Å². The first-order valence-corrected chi connectivity index (χ1v) is 9.69. The maximum atomic E-state index is 13.5. The molecule has 5 nitrogen and oxygen atoms in total. The predicted octanol–water partition coefficient (Wildman–Crippen LogP) is 4.14. The van der Waals surface area contributed by atoms with Gasteiger partial charge in [-0.05, 0) is 56.6 Å². The van der Waals surface area contributed by atoms with Crippen molar-refractivity contribution < 1.29 is 14.3 Å². The Bertz CT molecular complexity index is 859. The van der Waals surface area contributed by atoms with Crippen molar-refractivity contribution in [2.75, 3.05) is 7.11 Å². The van der Waals surface area contributed by atoms with Gasteiger partial charge in [0.05, 0.1) is 30.0 Å². The van der Waals surface area contributed by atoms with Crippen molar-refractivity contribution in [1.29, 1.82) is 0 Å². The number of methoxy groups -OCH3 is 1. The van der Waals surface area contributed by atoms with Crippen molar-refractivity contribution in [1.82, 2.24) is 9.78 Å². The number of aromatic nitrogens is 2. The number of aryl methyl sites for hydroxylation is 1. The normalized spacial score (nSPS) is 20.6. The Morgan fingerprint density at radius 2 is 2.00 bits per heavy atom. The van der Waals surface area contributed by atoms with E-state index in [1.54, 1.807) is 19.1 Å².